The SMILES string of the molecule is CN(C)C(=O)[C@H]1CC[C@H](NC(=O)C(=O)Nc2ccc(Cl)cn2)[C@@H](NC(=O)OC(C)(C)C)C1. The second-order valence-electron chi connectivity index (χ2n) is 8.89. The lowest BCUT2D eigenvalue weighted by atomic mass is 9.81. The molecule has 0 unspecified atom stereocenters. The quantitative estimate of drug-likeness (QED) is 0.580. The van der Waals surface area contributed by atoms with E-state index in [0.29, 0.717) is 24.3 Å². The number of hydrogen-bond donors (Lipinski definition) is 3. The number of nitrogens with zero attached hydrogens (tertiary/aromatic N) is 2. The van der Waals surface area contributed by atoms with Gasteiger partial charge in [0.1, 0.15) is 11.4 Å². The molecule has 1 fully saturated rings. The minimum atomic E-state index is -0.901. The first-order valence-electron chi connectivity index (χ1n) is 10.3. The van der Waals surface area contributed by atoms with Crippen LogP contribution < -0.4 is 16.0 Å². The molecule has 1 aliphatic rings. The molecular formula is C21H30ClN5O5. The van der Waals surface area contributed by atoms with Crippen LogP contribution in [0, 0.1) is 5.92 Å². The standard InChI is InChI=1S/C21H30ClN5O5/c1-21(2,3)32-20(31)25-15-10-12(19(30)27(4)5)6-8-14(15)24-17(28)18(29)26-16-9-7-13(22)11-23-16/h7,9,11-12,14-15H,6,8,10H2,1-5H3,(H,24,28)(H,25,31)(H,23,26,29)/t12-,14-,15-/m0/s1. The maximum absolute atomic E-state index is 12.5. The minimum absolute atomic E-state index is 0.0580. The third kappa shape index (κ3) is 7.67. The van der Waals surface area contributed by atoms with Crippen LogP contribution in [0.3, 0.4) is 0 Å². The van der Waals surface area contributed by atoms with Crippen LogP contribution >= 0.6 is 11.6 Å². The van der Waals surface area contributed by atoms with Gasteiger partial charge in [0, 0.05) is 32.3 Å². The zero-order chi connectivity index (χ0) is 24.1. The first kappa shape index (κ1) is 25.4. The van der Waals surface area contributed by atoms with Crippen LogP contribution in [0.1, 0.15) is 40.0 Å². The lowest BCUT2D eigenvalue weighted by molar-refractivity contribution is -0.137. The minimum Gasteiger partial charge on any atom is -0.444 e. The average molecular weight is 468 g/mol. The smallest absolute Gasteiger partial charge is 0.407 e. The number of carbonyl (C=O) groups excluding carboxylic acids is 4. The summed E-state index contributed by atoms with van der Waals surface area (Å²) in [5.74, 6) is -1.97. The van der Waals surface area contributed by atoms with Gasteiger partial charge in [-0.3, -0.25) is 14.4 Å². The van der Waals surface area contributed by atoms with Crippen LogP contribution in [0.4, 0.5) is 10.6 Å². The van der Waals surface area contributed by atoms with E-state index in [-0.39, 0.29) is 17.6 Å². The van der Waals surface area contributed by atoms with Crippen molar-refractivity contribution in [2.24, 2.45) is 5.92 Å². The topological polar surface area (TPSA) is 130 Å². The Morgan fingerprint density at radius 1 is 1.06 bits per heavy atom. The zero-order valence-corrected chi connectivity index (χ0v) is 19.7. The molecule has 0 saturated heterocycles. The van der Waals surface area contributed by atoms with Gasteiger partial charge in [-0.15, -0.1) is 0 Å². The number of rotatable bonds is 4. The Hall–Kier alpha value is -2.88. The average Bonchev–Trinajstić information content (AvgIpc) is 2.68. The fourth-order valence-electron chi connectivity index (χ4n) is 3.41. The maximum Gasteiger partial charge on any atom is 0.407 e. The van der Waals surface area contributed by atoms with Crippen LogP contribution in [-0.2, 0) is 19.1 Å². The van der Waals surface area contributed by atoms with Crippen LogP contribution in [0.25, 0.3) is 0 Å². The van der Waals surface area contributed by atoms with Gasteiger partial charge < -0.3 is 25.6 Å². The van der Waals surface area contributed by atoms with Crippen molar-refractivity contribution in [1.29, 1.82) is 0 Å². The van der Waals surface area contributed by atoms with Crippen molar-refractivity contribution in [2.75, 3.05) is 19.4 Å². The summed E-state index contributed by atoms with van der Waals surface area (Å²) >= 11 is 5.76. The summed E-state index contributed by atoms with van der Waals surface area (Å²) in [5, 5.41) is 8.19. The molecule has 3 N–H and O–H groups in total. The highest BCUT2D eigenvalue weighted by Crippen LogP contribution is 2.27. The van der Waals surface area contributed by atoms with Crippen LogP contribution in [0.15, 0.2) is 18.3 Å². The lowest BCUT2D eigenvalue weighted by Crippen LogP contribution is -2.57. The van der Waals surface area contributed by atoms with Crippen LogP contribution in [-0.4, -0.2) is 65.5 Å². The molecule has 0 spiro atoms. The molecule has 4 amide bonds. The Labute approximate surface area is 192 Å². The normalized spacial score (nSPS) is 20.6. The number of aromatic nitrogens is 1. The van der Waals surface area contributed by atoms with Crippen molar-refractivity contribution in [1.82, 2.24) is 20.5 Å². The summed E-state index contributed by atoms with van der Waals surface area (Å²) in [4.78, 5) is 54.9. The summed E-state index contributed by atoms with van der Waals surface area (Å²) in [5.41, 5.74) is -0.707. The maximum atomic E-state index is 12.5. The van der Waals surface area contributed by atoms with Gasteiger partial charge in [-0.2, -0.15) is 0 Å². The molecule has 0 radical (unpaired) electrons. The molecule has 11 heteroatoms. The fraction of sp³-hybridized carbons (Fsp3) is 0.571. The zero-order valence-electron chi connectivity index (χ0n) is 18.9. The van der Waals surface area contributed by atoms with Gasteiger partial charge in [0.15, 0.2) is 0 Å². The van der Waals surface area contributed by atoms with E-state index < -0.39 is 35.6 Å². The Bertz CT molecular complexity index is 853. The van der Waals surface area contributed by atoms with Crippen molar-refractivity contribution in [2.45, 2.75) is 57.7 Å². The highest BCUT2D eigenvalue weighted by molar-refractivity contribution is 6.39. The monoisotopic (exact) mass is 467 g/mol. The molecule has 1 saturated carbocycles. The van der Waals surface area contributed by atoms with Crippen molar-refractivity contribution in [3.05, 3.63) is 23.4 Å². The van der Waals surface area contributed by atoms with E-state index in [0.717, 1.165) is 0 Å². The molecule has 1 aromatic rings. The number of ether oxygens (including phenoxy) is 1. The largest absolute Gasteiger partial charge is 0.444 e. The van der Waals surface area contributed by atoms with E-state index in [1.165, 1.54) is 23.2 Å². The Morgan fingerprint density at radius 3 is 2.31 bits per heavy atom. The summed E-state index contributed by atoms with van der Waals surface area (Å²) in [6.45, 7) is 5.21. The molecule has 1 aromatic heterocycles. The predicted octanol–water partition coefficient (Wildman–Crippen LogP) is 1.94. The van der Waals surface area contributed by atoms with Gasteiger partial charge >= 0.3 is 17.9 Å². The molecule has 2 rings (SSSR count). The number of nitrogens with one attached hydrogen (secondary N) is 3. The van der Waals surface area contributed by atoms with Gasteiger partial charge in [0.2, 0.25) is 5.91 Å². The highest BCUT2D eigenvalue weighted by atomic mass is 35.5. The second-order valence-corrected chi connectivity index (χ2v) is 9.33. The molecule has 1 heterocycles. The molecule has 3 atom stereocenters. The number of hydrogen-bond acceptors (Lipinski definition) is 6. The van der Waals surface area contributed by atoms with Crippen molar-refractivity contribution in [3.63, 3.8) is 0 Å². The summed E-state index contributed by atoms with van der Waals surface area (Å²) < 4.78 is 5.32. The summed E-state index contributed by atoms with van der Waals surface area (Å²) in [6.07, 6.45) is 1.91. The highest BCUT2D eigenvalue weighted by Gasteiger charge is 2.37. The number of carbonyl (C=O) groups is 4. The van der Waals surface area contributed by atoms with Gasteiger partial charge in [-0.25, -0.2) is 9.78 Å². The first-order chi connectivity index (χ1) is 14.9. The fourth-order valence-corrected chi connectivity index (χ4v) is 3.52. The Morgan fingerprint density at radius 2 is 1.75 bits per heavy atom. The molecule has 0 aliphatic heterocycles. The van der Waals surface area contributed by atoms with Crippen LogP contribution in [0.5, 0.6) is 0 Å². The van der Waals surface area contributed by atoms with E-state index in [1.54, 1.807) is 34.9 Å². The molecule has 1 aliphatic carbocycles. The van der Waals surface area contributed by atoms with E-state index >= 15 is 0 Å². The molecule has 0 aromatic carbocycles. The molecule has 0 bridgehead atoms. The van der Waals surface area contributed by atoms with Gasteiger partial charge in [-0.05, 0) is 52.2 Å². The van der Waals surface area contributed by atoms with E-state index in [9.17, 15) is 19.2 Å². The van der Waals surface area contributed by atoms with Crippen molar-refractivity contribution in [3.8, 4) is 0 Å². The molecule has 10 nitrogen and oxygen atoms in total. The molecule has 32 heavy (non-hydrogen) atoms. The Kier molecular flexibility index (Phi) is 8.43. The predicted molar refractivity (Wildman–Crippen MR) is 119 cm³/mol. The van der Waals surface area contributed by atoms with Gasteiger partial charge in [-0.1, -0.05) is 11.6 Å². The first-order valence-corrected chi connectivity index (χ1v) is 10.7. The third-order valence-corrected chi connectivity index (χ3v) is 5.06. The lowest BCUT2D eigenvalue weighted by Gasteiger charge is -2.37. The number of halogens is 1. The van der Waals surface area contributed by atoms with Crippen molar-refractivity contribution >= 4 is 41.2 Å². The van der Waals surface area contributed by atoms with Gasteiger partial charge in [0.05, 0.1) is 11.1 Å². The van der Waals surface area contributed by atoms with Crippen LogP contribution in [0.2, 0.25) is 5.02 Å². The number of anilines is 1. The van der Waals surface area contributed by atoms with E-state index in [2.05, 4.69) is 20.9 Å². The second kappa shape index (κ2) is 10.6. The Balaban J connectivity index is 2.07. The number of alkyl carbamates (subject to hydrolysis) is 1. The van der Waals surface area contributed by atoms with E-state index in [1.807, 2.05) is 0 Å². The number of pyridine rings is 1. The van der Waals surface area contributed by atoms with E-state index in [4.69, 9.17) is 16.3 Å². The van der Waals surface area contributed by atoms with Gasteiger partial charge in [0.25, 0.3) is 0 Å². The summed E-state index contributed by atoms with van der Waals surface area (Å²) in [6, 6.07) is 1.87. The summed E-state index contributed by atoms with van der Waals surface area (Å²) in [7, 11) is 3.34. The molecular weight excluding hydrogens is 438 g/mol. The van der Waals surface area contributed by atoms with Crippen molar-refractivity contribution < 1.29 is 23.9 Å². The number of amides is 4. The third-order valence-electron chi connectivity index (χ3n) is 4.83. The molecule has 176 valence electrons.